The second-order valence-electron chi connectivity index (χ2n) is 3.83. The molecule has 0 radical (unpaired) electrons. The normalized spacial score (nSPS) is 15.4. The number of aryl methyl sites for hydroxylation is 1. The Morgan fingerprint density at radius 1 is 1.15 bits per heavy atom. The molecule has 0 saturated carbocycles. The minimum atomic E-state index is 0.260. The van der Waals surface area contributed by atoms with E-state index in [2.05, 4.69) is 38.1 Å². The van der Waals surface area contributed by atoms with Crippen molar-refractivity contribution < 1.29 is 0 Å². The second kappa shape index (κ2) is 4.66. The number of hydrogen-bond acceptors (Lipinski definition) is 0. The van der Waals surface area contributed by atoms with Crippen LogP contribution in [0.25, 0.3) is 0 Å². The zero-order chi connectivity index (χ0) is 9.84. The zero-order valence-electron chi connectivity index (χ0n) is 8.55. The highest BCUT2D eigenvalue weighted by Crippen LogP contribution is 2.22. The van der Waals surface area contributed by atoms with Gasteiger partial charge >= 0.3 is 0 Å². The van der Waals surface area contributed by atoms with Crippen molar-refractivity contribution in [3.63, 3.8) is 0 Å². The van der Waals surface area contributed by atoms with Crippen molar-refractivity contribution in [3.8, 4) is 0 Å². The molecule has 0 heterocycles. The molecule has 1 aromatic rings. The maximum absolute atomic E-state index is 5.95. The van der Waals surface area contributed by atoms with E-state index in [4.69, 9.17) is 11.6 Å². The summed E-state index contributed by atoms with van der Waals surface area (Å²) in [6.07, 6.45) is 1.05. The molecular weight excluding hydrogens is 180 g/mol. The van der Waals surface area contributed by atoms with E-state index in [1.165, 1.54) is 11.1 Å². The van der Waals surface area contributed by atoms with Crippen molar-refractivity contribution >= 4 is 11.6 Å². The molecule has 2 atom stereocenters. The van der Waals surface area contributed by atoms with Crippen LogP contribution in [0.5, 0.6) is 0 Å². The number of halogens is 1. The summed E-state index contributed by atoms with van der Waals surface area (Å²) in [7, 11) is 0. The van der Waals surface area contributed by atoms with Crippen LogP contribution in [0.1, 0.15) is 37.3 Å². The summed E-state index contributed by atoms with van der Waals surface area (Å²) in [5.74, 6) is 0.563. The Labute approximate surface area is 85.9 Å². The van der Waals surface area contributed by atoms with Gasteiger partial charge in [-0.25, -0.2) is 0 Å². The van der Waals surface area contributed by atoms with Crippen molar-refractivity contribution in [3.05, 3.63) is 35.4 Å². The van der Waals surface area contributed by atoms with Gasteiger partial charge in [0.25, 0.3) is 0 Å². The molecule has 0 saturated heterocycles. The van der Waals surface area contributed by atoms with Crippen LogP contribution in [-0.2, 0) is 0 Å². The molecule has 0 aromatic heterocycles. The molecule has 0 aliphatic rings. The van der Waals surface area contributed by atoms with E-state index in [1.54, 1.807) is 0 Å². The third-order valence-corrected chi connectivity index (χ3v) is 2.50. The van der Waals surface area contributed by atoms with E-state index < -0.39 is 0 Å². The van der Waals surface area contributed by atoms with Crippen molar-refractivity contribution in [1.82, 2.24) is 0 Å². The maximum atomic E-state index is 5.95. The zero-order valence-corrected chi connectivity index (χ0v) is 9.31. The molecule has 72 valence electrons. The van der Waals surface area contributed by atoms with Gasteiger partial charge in [-0.1, -0.05) is 36.8 Å². The summed E-state index contributed by atoms with van der Waals surface area (Å²) in [6, 6.07) is 8.70. The average Bonchev–Trinajstić information content (AvgIpc) is 2.04. The molecular formula is C12H17Cl. The smallest absolute Gasteiger partial charge is 0.0313 e. The van der Waals surface area contributed by atoms with E-state index in [0.717, 1.165) is 6.42 Å². The first-order valence-electron chi connectivity index (χ1n) is 4.80. The van der Waals surface area contributed by atoms with Gasteiger partial charge in [0.2, 0.25) is 0 Å². The highest BCUT2D eigenvalue weighted by Gasteiger charge is 2.07. The van der Waals surface area contributed by atoms with Crippen molar-refractivity contribution in [1.29, 1.82) is 0 Å². The molecule has 0 aliphatic carbocycles. The van der Waals surface area contributed by atoms with Crippen LogP contribution in [0, 0.1) is 6.92 Å². The topological polar surface area (TPSA) is 0 Å². The van der Waals surface area contributed by atoms with Gasteiger partial charge < -0.3 is 0 Å². The summed E-state index contributed by atoms with van der Waals surface area (Å²) >= 11 is 5.95. The molecule has 1 aromatic carbocycles. The average molecular weight is 197 g/mol. The van der Waals surface area contributed by atoms with Crippen LogP contribution in [-0.4, -0.2) is 5.38 Å². The number of alkyl halides is 1. The quantitative estimate of drug-likeness (QED) is 0.639. The molecule has 0 aliphatic heterocycles. The Hall–Kier alpha value is -0.490. The van der Waals surface area contributed by atoms with Gasteiger partial charge in [0, 0.05) is 5.38 Å². The largest absolute Gasteiger partial charge is 0.123 e. The number of rotatable bonds is 3. The lowest BCUT2D eigenvalue weighted by atomic mass is 9.96. The van der Waals surface area contributed by atoms with E-state index >= 15 is 0 Å². The molecule has 0 fully saturated rings. The molecule has 1 rings (SSSR count). The Morgan fingerprint density at radius 2 is 1.69 bits per heavy atom. The molecule has 0 N–H and O–H groups in total. The van der Waals surface area contributed by atoms with Crippen LogP contribution < -0.4 is 0 Å². The molecule has 0 bridgehead atoms. The van der Waals surface area contributed by atoms with E-state index in [-0.39, 0.29) is 5.38 Å². The Balaban J connectivity index is 2.66. The fourth-order valence-corrected chi connectivity index (χ4v) is 1.79. The van der Waals surface area contributed by atoms with Gasteiger partial charge in [0.1, 0.15) is 0 Å². The Kier molecular flexibility index (Phi) is 3.80. The van der Waals surface area contributed by atoms with E-state index in [9.17, 15) is 0 Å². The van der Waals surface area contributed by atoms with Crippen LogP contribution in [0.4, 0.5) is 0 Å². The van der Waals surface area contributed by atoms with Gasteiger partial charge in [-0.15, -0.1) is 11.6 Å². The first-order valence-corrected chi connectivity index (χ1v) is 5.24. The number of benzene rings is 1. The predicted octanol–water partition coefficient (Wildman–Crippen LogP) is 4.12. The highest BCUT2D eigenvalue weighted by atomic mass is 35.5. The highest BCUT2D eigenvalue weighted by molar-refractivity contribution is 6.20. The first kappa shape index (κ1) is 10.6. The van der Waals surface area contributed by atoms with E-state index in [1.807, 2.05) is 6.92 Å². The van der Waals surface area contributed by atoms with Crippen molar-refractivity contribution in [2.24, 2.45) is 0 Å². The lowest BCUT2D eigenvalue weighted by molar-refractivity contribution is 0.671. The monoisotopic (exact) mass is 196 g/mol. The molecule has 2 unspecified atom stereocenters. The summed E-state index contributed by atoms with van der Waals surface area (Å²) < 4.78 is 0. The summed E-state index contributed by atoms with van der Waals surface area (Å²) in [5, 5.41) is 0.260. The summed E-state index contributed by atoms with van der Waals surface area (Å²) in [4.78, 5) is 0. The van der Waals surface area contributed by atoms with Crippen molar-refractivity contribution in [2.75, 3.05) is 0 Å². The lowest BCUT2D eigenvalue weighted by Crippen LogP contribution is -2.00. The molecule has 1 heteroatoms. The molecule has 13 heavy (non-hydrogen) atoms. The fraction of sp³-hybridized carbons (Fsp3) is 0.500. The number of hydrogen-bond donors (Lipinski definition) is 0. The third-order valence-electron chi connectivity index (χ3n) is 2.32. The Bertz CT molecular complexity index is 248. The van der Waals surface area contributed by atoms with Crippen LogP contribution in [0.2, 0.25) is 0 Å². The minimum absolute atomic E-state index is 0.260. The third kappa shape index (κ3) is 3.40. The lowest BCUT2D eigenvalue weighted by Gasteiger charge is -2.13. The van der Waals surface area contributed by atoms with Crippen LogP contribution in [0.15, 0.2) is 24.3 Å². The SMILES string of the molecule is Cc1ccc(C(C)CC(C)Cl)cc1. The molecule has 0 amide bonds. The molecule has 0 nitrogen and oxygen atoms in total. The van der Waals surface area contributed by atoms with Gasteiger partial charge in [0.05, 0.1) is 0 Å². The van der Waals surface area contributed by atoms with Gasteiger partial charge in [-0.05, 0) is 31.7 Å². The predicted molar refractivity (Wildman–Crippen MR) is 59.5 cm³/mol. The minimum Gasteiger partial charge on any atom is -0.123 e. The summed E-state index contributed by atoms with van der Waals surface area (Å²) in [5.41, 5.74) is 2.70. The van der Waals surface area contributed by atoms with E-state index in [0.29, 0.717) is 5.92 Å². The van der Waals surface area contributed by atoms with Gasteiger partial charge in [0.15, 0.2) is 0 Å². The van der Waals surface area contributed by atoms with Gasteiger partial charge in [-0.3, -0.25) is 0 Å². The first-order chi connectivity index (χ1) is 6.09. The summed E-state index contributed by atoms with van der Waals surface area (Å²) in [6.45, 7) is 6.38. The van der Waals surface area contributed by atoms with Gasteiger partial charge in [-0.2, -0.15) is 0 Å². The second-order valence-corrected chi connectivity index (χ2v) is 4.57. The Morgan fingerprint density at radius 3 is 2.15 bits per heavy atom. The van der Waals surface area contributed by atoms with Crippen LogP contribution in [0.3, 0.4) is 0 Å². The fourth-order valence-electron chi connectivity index (χ4n) is 1.52. The van der Waals surface area contributed by atoms with Crippen LogP contribution >= 0.6 is 11.6 Å². The maximum Gasteiger partial charge on any atom is 0.0313 e. The van der Waals surface area contributed by atoms with Crippen molar-refractivity contribution in [2.45, 2.75) is 38.5 Å². The standard InChI is InChI=1S/C12H17Cl/c1-9-4-6-12(7-5-9)10(2)8-11(3)13/h4-7,10-11H,8H2,1-3H3. The molecule has 0 spiro atoms.